The number of anilines is 1. The van der Waals surface area contributed by atoms with Crippen molar-refractivity contribution in [3.8, 4) is 10.4 Å². The molecule has 1 atom stereocenters. The molecular weight excluding hydrogens is 328 g/mol. The standard InChI is InChI=1S/C20H18N4S/c1-14(17-10-6-7-11-21-17)24(2)19-16-12-18(15-8-4-3-5-9-15)25-20(16)23-13-22-19/h3-14H,1-2H3. The van der Waals surface area contributed by atoms with Crippen LogP contribution in [0.2, 0.25) is 0 Å². The number of fused-ring (bicyclic) bond motifs is 1. The second kappa shape index (κ2) is 6.61. The summed E-state index contributed by atoms with van der Waals surface area (Å²) in [6.07, 6.45) is 3.47. The molecule has 0 saturated heterocycles. The van der Waals surface area contributed by atoms with Crippen LogP contribution in [0.3, 0.4) is 0 Å². The number of hydrogen-bond acceptors (Lipinski definition) is 5. The van der Waals surface area contributed by atoms with Gasteiger partial charge in [0.2, 0.25) is 0 Å². The zero-order valence-corrected chi connectivity index (χ0v) is 14.9. The largest absolute Gasteiger partial charge is 0.351 e. The van der Waals surface area contributed by atoms with Crippen LogP contribution in [0.5, 0.6) is 0 Å². The van der Waals surface area contributed by atoms with Gasteiger partial charge < -0.3 is 4.90 Å². The normalized spacial score (nSPS) is 12.2. The third kappa shape index (κ3) is 2.98. The molecule has 4 rings (SSSR count). The van der Waals surface area contributed by atoms with E-state index in [1.165, 1.54) is 10.4 Å². The predicted molar refractivity (Wildman–Crippen MR) is 104 cm³/mol. The van der Waals surface area contributed by atoms with E-state index in [-0.39, 0.29) is 6.04 Å². The van der Waals surface area contributed by atoms with Crippen molar-refractivity contribution in [3.63, 3.8) is 0 Å². The lowest BCUT2D eigenvalue weighted by Crippen LogP contribution is -2.23. The Morgan fingerprint density at radius 3 is 2.52 bits per heavy atom. The maximum Gasteiger partial charge on any atom is 0.141 e. The summed E-state index contributed by atoms with van der Waals surface area (Å²) >= 11 is 1.70. The Morgan fingerprint density at radius 2 is 1.76 bits per heavy atom. The molecule has 1 aromatic carbocycles. The minimum atomic E-state index is 0.124. The molecule has 0 radical (unpaired) electrons. The van der Waals surface area contributed by atoms with Gasteiger partial charge in [-0.3, -0.25) is 4.98 Å². The van der Waals surface area contributed by atoms with Crippen LogP contribution in [0.1, 0.15) is 18.7 Å². The summed E-state index contributed by atoms with van der Waals surface area (Å²) < 4.78 is 0. The van der Waals surface area contributed by atoms with Gasteiger partial charge in [0.25, 0.3) is 0 Å². The van der Waals surface area contributed by atoms with Gasteiger partial charge in [0, 0.05) is 18.1 Å². The number of pyridine rings is 1. The number of nitrogens with zero attached hydrogens (tertiary/aromatic N) is 4. The molecule has 0 fully saturated rings. The van der Waals surface area contributed by atoms with Crippen molar-refractivity contribution in [2.45, 2.75) is 13.0 Å². The Kier molecular flexibility index (Phi) is 4.15. The van der Waals surface area contributed by atoms with E-state index in [2.05, 4.69) is 64.2 Å². The molecule has 0 aliphatic heterocycles. The topological polar surface area (TPSA) is 41.9 Å². The molecule has 25 heavy (non-hydrogen) atoms. The van der Waals surface area contributed by atoms with Crippen LogP contribution < -0.4 is 4.90 Å². The number of rotatable bonds is 4. The SMILES string of the molecule is CC(c1ccccn1)N(C)c1ncnc2sc(-c3ccccc3)cc12. The highest BCUT2D eigenvalue weighted by Crippen LogP contribution is 2.37. The lowest BCUT2D eigenvalue weighted by Gasteiger charge is -2.25. The average Bonchev–Trinajstić information content (AvgIpc) is 3.12. The molecule has 0 spiro atoms. The summed E-state index contributed by atoms with van der Waals surface area (Å²) in [6, 6.07) is 18.7. The highest BCUT2D eigenvalue weighted by Gasteiger charge is 2.18. The minimum Gasteiger partial charge on any atom is -0.351 e. The molecule has 0 bridgehead atoms. The average molecular weight is 346 g/mol. The summed E-state index contributed by atoms with van der Waals surface area (Å²) in [5.74, 6) is 0.932. The van der Waals surface area contributed by atoms with Gasteiger partial charge in [-0.15, -0.1) is 11.3 Å². The van der Waals surface area contributed by atoms with Crippen LogP contribution in [0.15, 0.2) is 67.1 Å². The monoisotopic (exact) mass is 346 g/mol. The van der Waals surface area contributed by atoms with Crippen molar-refractivity contribution >= 4 is 27.4 Å². The summed E-state index contributed by atoms with van der Waals surface area (Å²) in [7, 11) is 2.06. The number of benzene rings is 1. The second-order valence-corrected chi connectivity index (χ2v) is 6.96. The Bertz CT molecular complexity index is 982. The van der Waals surface area contributed by atoms with Gasteiger partial charge in [0.15, 0.2) is 0 Å². The van der Waals surface area contributed by atoms with Gasteiger partial charge in [-0.1, -0.05) is 36.4 Å². The number of aromatic nitrogens is 3. The van der Waals surface area contributed by atoms with Crippen LogP contribution in [0, 0.1) is 0 Å². The molecule has 3 aromatic heterocycles. The quantitative estimate of drug-likeness (QED) is 0.524. The molecule has 4 nitrogen and oxygen atoms in total. The summed E-state index contributed by atoms with van der Waals surface area (Å²) in [5.41, 5.74) is 2.23. The van der Waals surface area contributed by atoms with Crippen LogP contribution in [0.4, 0.5) is 5.82 Å². The Hall–Kier alpha value is -2.79. The van der Waals surface area contributed by atoms with Gasteiger partial charge in [0.1, 0.15) is 17.0 Å². The maximum absolute atomic E-state index is 4.55. The lowest BCUT2D eigenvalue weighted by atomic mass is 10.1. The Labute approximate surface area is 150 Å². The van der Waals surface area contributed by atoms with Gasteiger partial charge >= 0.3 is 0 Å². The van der Waals surface area contributed by atoms with E-state index in [0.717, 1.165) is 21.7 Å². The van der Waals surface area contributed by atoms with Crippen LogP contribution in [-0.4, -0.2) is 22.0 Å². The van der Waals surface area contributed by atoms with E-state index in [9.17, 15) is 0 Å². The first kappa shape index (κ1) is 15.7. The molecule has 1 unspecified atom stereocenters. The molecule has 5 heteroatoms. The van der Waals surface area contributed by atoms with Gasteiger partial charge in [-0.25, -0.2) is 9.97 Å². The van der Waals surface area contributed by atoms with Crippen molar-refractivity contribution in [2.75, 3.05) is 11.9 Å². The molecule has 0 amide bonds. The van der Waals surface area contributed by atoms with E-state index in [1.54, 1.807) is 17.7 Å². The number of thiophene rings is 1. The molecule has 0 saturated carbocycles. The van der Waals surface area contributed by atoms with Crippen molar-refractivity contribution in [1.29, 1.82) is 0 Å². The zero-order chi connectivity index (χ0) is 17.2. The van der Waals surface area contributed by atoms with Crippen molar-refractivity contribution in [1.82, 2.24) is 15.0 Å². The van der Waals surface area contributed by atoms with E-state index >= 15 is 0 Å². The van der Waals surface area contributed by atoms with Crippen LogP contribution in [0.25, 0.3) is 20.7 Å². The third-order valence-corrected chi connectivity index (χ3v) is 5.49. The fraction of sp³-hybridized carbons (Fsp3) is 0.150. The first-order valence-corrected chi connectivity index (χ1v) is 8.99. The smallest absolute Gasteiger partial charge is 0.141 e. The fourth-order valence-electron chi connectivity index (χ4n) is 2.87. The van der Waals surface area contributed by atoms with Crippen molar-refractivity contribution < 1.29 is 0 Å². The van der Waals surface area contributed by atoms with Gasteiger partial charge in [-0.05, 0) is 30.7 Å². The molecule has 0 aliphatic rings. The number of hydrogen-bond donors (Lipinski definition) is 0. The molecule has 124 valence electrons. The first-order valence-electron chi connectivity index (χ1n) is 8.18. The van der Waals surface area contributed by atoms with Gasteiger partial charge in [0.05, 0.1) is 17.1 Å². The maximum atomic E-state index is 4.55. The third-order valence-electron chi connectivity index (χ3n) is 4.40. The fourth-order valence-corrected chi connectivity index (χ4v) is 3.87. The van der Waals surface area contributed by atoms with Gasteiger partial charge in [-0.2, -0.15) is 0 Å². The molecular formula is C20H18N4S. The van der Waals surface area contributed by atoms with E-state index in [0.29, 0.717) is 0 Å². The summed E-state index contributed by atoms with van der Waals surface area (Å²) in [4.78, 5) is 17.9. The molecule has 0 aliphatic carbocycles. The molecule has 4 aromatic rings. The van der Waals surface area contributed by atoms with E-state index < -0.39 is 0 Å². The Balaban J connectivity index is 1.76. The summed E-state index contributed by atoms with van der Waals surface area (Å²) in [6.45, 7) is 2.14. The zero-order valence-electron chi connectivity index (χ0n) is 14.1. The molecule has 0 N–H and O–H groups in total. The highest BCUT2D eigenvalue weighted by atomic mass is 32.1. The lowest BCUT2D eigenvalue weighted by molar-refractivity contribution is 0.707. The highest BCUT2D eigenvalue weighted by molar-refractivity contribution is 7.21. The minimum absolute atomic E-state index is 0.124. The molecule has 3 heterocycles. The Morgan fingerprint density at radius 1 is 0.960 bits per heavy atom. The second-order valence-electron chi connectivity index (χ2n) is 5.93. The predicted octanol–water partition coefficient (Wildman–Crippen LogP) is 4.95. The van der Waals surface area contributed by atoms with Crippen LogP contribution >= 0.6 is 11.3 Å². The van der Waals surface area contributed by atoms with Crippen molar-refractivity contribution in [2.24, 2.45) is 0 Å². The van der Waals surface area contributed by atoms with E-state index in [4.69, 9.17) is 0 Å². The van der Waals surface area contributed by atoms with Crippen molar-refractivity contribution in [3.05, 3.63) is 72.8 Å². The first-order chi connectivity index (χ1) is 12.2. The van der Waals surface area contributed by atoms with Crippen LogP contribution in [-0.2, 0) is 0 Å². The van der Waals surface area contributed by atoms with E-state index in [1.807, 2.05) is 30.5 Å². The summed E-state index contributed by atoms with van der Waals surface area (Å²) in [5, 5.41) is 1.08.